The predicted molar refractivity (Wildman–Crippen MR) is 89.7 cm³/mol. The molecule has 3 N–H and O–H groups in total. The number of anilines is 1. The zero-order chi connectivity index (χ0) is 15.2. The summed E-state index contributed by atoms with van der Waals surface area (Å²) in [5.41, 5.74) is 3.75. The molecule has 7 heteroatoms. The number of phenols is 1. The number of nitrogens with zero attached hydrogens (tertiary/aromatic N) is 1. The topological polar surface area (TPSA) is 73.7 Å². The minimum absolute atomic E-state index is 0.113. The Morgan fingerprint density at radius 2 is 1.76 bits per heavy atom. The van der Waals surface area contributed by atoms with Crippen molar-refractivity contribution >= 4 is 49.8 Å². The predicted octanol–water partition coefficient (Wildman–Crippen LogP) is 4.07. The maximum Gasteiger partial charge on any atom is 0.339 e. The molecule has 0 saturated carbocycles. The second kappa shape index (κ2) is 7.24. The highest BCUT2D eigenvalue weighted by Crippen LogP contribution is 2.32. The van der Waals surface area contributed by atoms with Crippen LogP contribution in [0.3, 0.4) is 0 Å². The molecule has 0 spiro atoms. The van der Waals surface area contributed by atoms with Gasteiger partial charge in [-0.1, -0.05) is 18.2 Å². The second-order valence-corrected chi connectivity index (χ2v) is 5.73. The zero-order valence-electron chi connectivity index (χ0n) is 10.7. The molecule has 108 valence electrons. The van der Waals surface area contributed by atoms with Crippen LogP contribution in [0.4, 0.5) is 10.5 Å². The monoisotopic (exact) mass is 411 g/mol. The molecule has 5 nitrogen and oxygen atoms in total. The summed E-state index contributed by atoms with van der Waals surface area (Å²) in [6.45, 7) is 0. The van der Waals surface area contributed by atoms with Gasteiger partial charge < -0.3 is 10.4 Å². The molecule has 0 atom stereocenters. The molecule has 0 saturated heterocycles. The van der Waals surface area contributed by atoms with Crippen molar-refractivity contribution in [3.05, 3.63) is 57.0 Å². The van der Waals surface area contributed by atoms with E-state index in [1.54, 1.807) is 24.3 Å². The molecule has 2 amide bonds. The van der Waals surface area contributed by atoms with Crippen LogP contribution in [0.1, 0.15) is 5.56 Å². The van der Waals surface area contributed by atoms with Gasteiger partial charge in [-0.05, 0) is 61.7 Å². The van der Waals surface area contributed by atoms with E-state index in [0.717, 1.165) is 0 Å². The molecule has 2 rings (SSSR count). The number of carbonyl (C=O) groups is 1. The number of hydrazone groups is 1. The van der Waals surface area contributed by atoms with Crippen molar-refractivity contribution in [3.8, 4) is 5.75 Å². The third-order valence-corrected chi connectivity index (χ3v) is 3.66. The number of benzene rings is 2. The lowest BCUT2D eigenvalue weighted by Gasteiger charge is -2.04. The maximum absolute atomic E-state index is 11.6. The summed E-state index contributed by atoms with van der Waals surface area (Å²) in [5.74, 6) is 0.113. The summed E-state index contributed by atoms with van der Waals surface area (Å²) in [6, 6.07) is 12.0. The van der Waals surface area contributed by atoms with Gasteiger partial charge in [-0.15, -0.1) is 0 Å². The largest absolute Gasteiger partial charge is 0.506 e. The molecule has 0 heterocycles. The fourth-order valence-corrected chi connectivity index (χ4v) is 2.73. The summed E-state index contributed by atoms with van der Waals surface area (Å²) >= 11 is 6.44. The molecule has 0 unspecified atom stereocenters. The number of carbonyl (C=O) groups excluding carboxylic acids is 1. The van der Waals surface area contributed by atoms with E-state index >= 15 is 0 Å². The molecule has 2 aromatic rings. The number of hydrogen-bond acceptors (Lipinski definition) is 3. The number of aromatic hydroxyl groups is 1. The fourth-order valence-electron chi connectivity index (χ4n) is 1.51. The molecule has 0 aromatic heterocycles. The van der Waals surface area contributed by atoms with Gasteiger partial charge in [0.15, 0.2) is 0 Å². The Morgan fingerprint density at radius 3 is 2.38 bits per heavy atom. The van der Waals surface area contributed by atoms with Gasteiger partial charge in [0, 0.05) is 5.69 Å². The van der Waals surface area contributed by atoms with E-state index in [-0.39, 0.29) is 5.75 Å². The van der Waals surface area contributed by atoms with Crippen molar-refractivity contribution in [1.29, 1.82) is 0 Å². The lowest BCUT2D eigenvalue weighted by Crippen LogP contribution is -2.24. The minimum Gasteiger partial charge on any atom is -0.506 e. The van der Waals surface area contributed by atoms with E-state index in [0.29, 0.717) is 20.2 Å². The summed E-state index contributed by atoms with van der Waals surface area (Å²) < 4.78 is 1.07. The van der Waals surface area contributed by atoms with Crippen molar-refractivity contribution in [2.45, 2.75) is 0 Å². The van der Waals surface area contributed by atoms with Crippen LogP contribution in [0.25, 0.3) is 0 Å². The average Bonchev–Trinajstić information content (AvgIpc) is 2.45. The molecule has 0 fully saturated rings. The molecule has 0 bridgehead atoms. The Bertz CT molecular complexity index is 652. The van der Waals surface area contributed by atoms with Crippen LogP contribution in [-0.2, 0) is 0 Å². The van der Waals surface area contributed by atoms with Gasteiger partial charge in [0.1, 0.15) is 5.75 Å². The average molecular weight is 413 g/mol. The van der Waals surface area contributed by atoms with E-state index in [2.05, 4.69) is 47.7 Å². The molecule has 2 aromatic carbocycles. The number of amides is 2. The van der Waals surface area contributed by atoms with E-state index in [1.165, 1.54) is 6.21 Å². The van der Waals surface area contributed by atoms with Crippen LogP contribution in [0.15, 0.2) is 56.5 Å². The smallest absolute Gasteiger partial charge is 0.339 e. The van der Waals surface area contributed by atoms with Crippen molar-refractivity contribution in [1.82, 2.24) is 5.43 Å². The van der Waals surface area contributed by atoms with E-state index in [4.69, 9.17) is 0 Å². The normalized spacial score (nSPS) is 10.6. The highest BCUT2D eigenvalue weighted by molar-refractivity contribution is 9.11. The SMILES string of the molecule is O=C(N/N=C/c1cc(Br)c(O)c(Br)c1)Nc1ccccc1. The van der Waals surface area contributed by atoms with E-state index in [1.807, 2.05) is 18.2 Å². The first-order valence-electron chi connectivity index (χ1n) is 5.89. The van der Waals surface area contributed by atoms with Crippen molar-refractivity contribution in [2.75, 3.05) is 5.32 Å². The highest BCUT2D eigenvalue weighted by Gasteiger charge is 2.04. The first kappa shape index (κ1) is 15.5. The molecular weight excluding hydrogens is 402 g/mol. The van der Waals surface area contributed by atoms with Crippen LogP contribution in [-0.4, -0.2) is 17.4 Å². The first-order valence-corrected chi connectivity index (χ1v) is 7.48. The molecule has 0 aliphatic heterocycles. The number of para-hydroxylation sites is 1. The number of nitrogens with one attached hydrogen (secondary N) is 2. The Balaban J connectivity index is 1.95. The number of urea groups is 1. The quantitative estimate of drug-likeness (QED) is 0.525. The minimum atomic E-state index is -0.436. The molecule has 0 aliphatic rings. The lowest BCUT2D eigenvalue weighted by molar-refractivity contribution is 0.252. The van der Waals surface area contributed by atoms with Gasteiger partial charge in [0.2, 0.25) is 0 Å². The Morgan fingerprint density at radius 1 is 1.14 bits per heavy atom. The van der Waals surface area contributed by atoms with Crippen LogP contribution in [0.5, 0.6) is 5.75 Å². The number of rotatable bonds is 3. The standard InChI is InChI=1S/C14H11Br2N3O2/c15-11-6-9(7-12(16)13(11)20)8-17-19-14(21)18-10-4-2-1-3-5-10/h1-8,20H,(H2,18,19,21)/b17-8+. The van der Waals surface area contributed by atoms with E-state index < -0.39 is 6.03 Å². The number of phenolic OH excluding ortho intramolecular Hbond substituents is 1. The lowest BCUT2D eigenvalue weighted by atomic mass is 10.2. The zero-order valence-corrected chi connectivity index (χ0v) is 13.8. The molecular formula is C14H11Br2N3O2. The van der Waals surface area contributed by atoms with E-state index in [9.17, 15) is 9.90 Å². The second-order valence-electron chi connectivity index (χ2n) is 4.02. The van der Waals surface area contributed by atoms with Crippen LogP contribution >= 0.6 is 31.9 Å². The third-order valence-electron chi connectivity index (χ3n) is 2.45. The Kier molecular flexibility index (Phi) is 5.35. The van der Waals surface area contributed by atoms with Crippen molar-refractivity contribution < 1.29 is 9.90 Å². The molecule has 0 aliphatic carbocycles. The third kappa shape index (κ3) is 4.57. The first-order chi connectivity index (χ1) is 10.1. The van der Waals surface area contributed by atoms with Crippen molar-refractivity contribution in [2.24, 2.45) is 5.10 Å². The number of hydrogen-bond donors (Lipinski definition) is 3. The summed E-state index contributed by atoms with van der Waals surface area (Å²) in [4.78, 5) is 11.6. The van der Waals surface area contributed by atoms with Crippen LogP contribution < -0.4 is 10.7 Å². The Hall–Kier alpha value is -1.86. The highest BCUT2D eigenvalue weighted by atomic mass is 79.9. The van der Waals surface area contributed by atoms with Gasteiger partial charge in [-0.2, -0.15) is 5.10 Å². The van der Waals surface area contributed by atoms with Gasteiger partial charge in [0.05, 0.1) is 15.2 Å². The summed E-state index contributed by atoms with van der Waals surface area (Å²) in [5, 5.41) is 16.1. The molecule has 0 radical (unpaired) electrons. The van der Waals surface area contributed by atoms with Crippen LogP contribution in [0.2, 0.25) is 0 Å². The Labute approximate surface area is 138 Å². The number of halogens is 2. The van der Waals surface area contributed by atoms with Gasteiger partial charge in [-0.25, -0.2) is 10.2 Å². The maximum atomic E-state index is 11.6. The van der Waals surface area contributed by atoms with Crippen LogP contribution in [0, 0.1) is 0 Å². The summed E-state index contributed by atoms with van der Waals surface area (Å²) in [7, 11) is 0. The van der Waals surface area contributed by atoms with Gasteiger partial charge in [-0.3, -0.25) is 0 Å². The van der Waals surface area contributed by atoms with Gasteiger partial charge >= 0.3 is 6.03 Å². The van der Waals surface area contributed by atoms with Crippen molar-refractivity contribution in [3.63, 3.8) is 0 Å². The molecule has 21 heavy (non-hydrogen) atoms. The summed E-state index contributed by atoms with van der Waals surface area (Å²) in [6.07, 6.45) is 1.47. The fraction of sp³-hybridized carbons (Fsp3) is 0. The van der Waals surface area contributed by atoms with Gasteiger partial charge in [0.25, 0.3) is 0 Å².